The molecule has 1 amide bonds. The van der Waals surface area contributed by atoms with E-state index in [2.05, 4.69) is 31.4 Å². The van der Waals surface area contributed by atoms with E-state index in [0.717, 1.165) is 5.56 Å². The molecular weight excluding hydrogens is 498 g/mol. The lowest BCUT2D eigenvalue weighted by Gasteiger charge is -2.43. The molecule has 4 aromatic rings. The molecule has 200 valence electrons. The van der Waals surface area contributed by atoms with Gasteiger partial charge in [-0.25, -0.2) is 9.50 Å². The smallest absolute Gasteiger partial charge is 0.251 e. The second-order valence-electron chi connectivity index (χ2n) is 9.63. The number of fused-ring (bicyclic) bond motifs is 1. The number of hydrogen-bond acceptors (Lipinski definition) is 9. The second kappa shape index (κ2) is 11.1. The van der Waals surface area contributed by atoms with Crippen LogP contribution in [0.3, 0.4) is 0 Å². The highest BCUT2D eigenvalue weighted by atomic mass is 16.5. The summed E-state index contributed by atoms with van der Waals surface area (Å²) in [5.41, 5.74) is 2.84. The van der Waals surface area contributed by atoms with Crippen molar-refractivity contribution in [1.29, 1.82) is 5.26 Å². The highest BCUT2D eigenvalue weighted by molar-refractivity contribution is 5.83. The predicted octanol–water partition coefficient (Wildman–Crippen LogP) is 1.72. The van der Waals surface area contributed by atoms with E-state index in [4.69, 9.17) is 4.74 Å². The first-order valence-corrected chi connectivity index (χ1v) is 12.6. The van der Waals surface area contributed by atoms with Crippen LogP contribution >= 0.6 is 0 Å². The molecule has 1 unspecified atom stereocenters. The van der Waals surface area contributed by atoms with Gasteiger partial charge in [0.05, 0.1) is 55.3 Å². The third-order valence-corrected chi connectivity index (χ3v) is 7.15. The standard InChI is InChI=1S/C28H29N7O4/c1-39-21-11-22(26-20(13-29)14-32-35(26)17-21)23-15-31-25(16-30-23)34-9-7-28(8-10-34,33-27(38)24(37)18-36)12-19-5-3-2-4-6-19/h2-6,11,14-17,24,36-37H,7-10,12,18H2,1H3,(H,33,38). The summed E-state index contributed by atoms with van der Waals surface area (Å²) >= 11 is 0. The number of pyridine rings is 1. The number of ether oxygens (including phenoxy) is 1. The van der Waals surface area contributed by atoms with E-state index in [9.17, 15) is 20.3 Å². The van der Waals surface area contributed by atoms with Gasteiger partial charge in [-0.2, -0.15) is 10.4 Å². The van der Waals surface area contributed by atoms with Crippen LogP contribution < -0.4 is 15.0 Å². The fourth-order valence-electron chi connectivity index (χ4n) is 5.03. The van der Waals surface area contributed by atoms with Gasteiger partial charge < -0.3 is 25.2 Å². The van der Waals surface area contributed by atoms with Gasteiger partial charge in [0.2, 0.25) is 0 Å². The average Bonchev–Trinajstić information content (AvgIpc) is 3.40. The molecule has 1 saturated heterocycles. The first-order chi connectivity index (χ1) is 18.9. The number of aliphatic hydroxyl groups is 2. The molecule has 1 aliphatic heterocycles. The van der Waals surface area contributed by atoms with Crippen LogP contribution in [0.5, 0.6) is 5.75 Å². The van der Waals surface area contributed by atoms with Crippen molar-refractivity contribution in [2.24, 2.45) is 0 Å². The maximum absolute atomic E-state index is 12.5. The SMILES string of the molecule is COc1cc(-c2cnc(N3CCC(Cc4ccccc4)(NC(=O)C(O)CO)CC3)cn2)c2c(C#N)cnn2c1. The number of aliphatic hydroxyl groups excluding tert-OH is 2. The number of amides is 1. The Morgan fingerprint density at radius 3 is 2.62 bits per heavy atom. The summed E-state index contributed by atoms with van der Waals surface area (Å²) in [6.45, 7) is 0.595. The molecule has 0 aliphatic carbocycles. The highest BCUT2D eigenvalue weighted by Crippen LogP contribution is 2.32. The van der Waals surface area contributed by atoms with Crippen LogP contribution in [0.15, 0.2) is 61.2 Å². The number of aromatic nitrogens is 4. The summed E-state index contributed by atoms with van der Waals surface area (Å²) in [5, 5.41) is 35.9. The Balaban J connectivity index is 1.36. The molecule has 1 fully saturated rings. The highest BCUT2D eigenvalue weighted by Gasteiger charge is 2.37. The Labute approximate surface area is 225 Å². The molecule has 39 heavy (non-hydrogen) atoms. The van der Waals surface area contributed by atoms with E-state index < -0.39 is 24.2 Å². The Bertz CT molecular complexity index is 1490. The number of nitriles is 1. The van der Waals surface area contributed by atoms with Crippen molar-refractivity contribution in [3.63, 3.8) is 0 Å². The first-order valence-electron chi connectivity index (χ1n) is 12.6. The van der Waals surface area contributed by atoms with Gasteiger partial charge >= 0.3 is 0 Å². The minimum absolute atomic E-state index is 0.428. The number of carbonyl (C=O) groups excluding carboxylic acids is 1. The number of nitrogens with zero attached hydrogens (tertiary/aromatic N) is 6. The van der Waals surface area contributed by atoms with Crippen LogP contribution in [0.2, 0.25) is 0 Å². The molecule has 3 aromatic heterocycles. The van der Waals surface area contributed by atoms with Gasteiger partial charge in [-0.3, -0.25) is 9.78 Å². The van der Waals surface area contributed by atoms with Gasteiger partial charge in [0.15, 0.2) is 6.10 Å². The van der Waals surface area contributed by atoms with Crippen molar-refractivity contribution in [3.8, 4) is 23.1 Å². The first kappa shape index (κ1) is 26.1. The number of anilines is 1. The molecule has 1 aromatic carbocycles. The number of hydrogen-bond donors (Lipinski definition) is 3. The lowest BCUT2D eigenvalue weighted by Crippen LogP contribution is -2.59. The molecule has 0 spiro atoms. The lowest BCUT2D eigenvalue weighted by atomic mass is 9.81. The largest absolute Gasteiger partial charge is 0.495 e. The maximum Gasteiger partial charge on any atom is 0.251 e. The van der Waals surface area contributed by atoms with Crippen molar-refractivity contribution in [2.45, 2.75) is 30.9 Å². The van der Waals surface area contributed by atoms with Crippen LogP contribution in [0, 0.1) is 11.3 Å². The van der Waals surface area contributed by atoms with E-state index in [1.807, 2.05) is 36.4 Å². The molecule has 0 saturated carbocycles. The number of methoxy groups -OCH3 is 1. The number of piperidine rings is 1. The Morgan fingerprint density at radius 2 is 1.97 bits per heavy atom. The van der Waals surface area contributed by atoms with Gasteiger partial charge in [-0.1, -0.05) is 30.3 Å². The average molecular weight is 528 g/mol. The topological polar surface area (TPSA) is 149 Å². The zero-order valence-corrected chi connectivity index (χ0v) is 21.5. The summed E-state index contributed by atoms with van der Waals surface area (Å²) in [6.07, 6.45) is 6.96. The van der Waals surface area contributed by atoms with Gasteiger partial charge in [0.25, 0.3) is 5.91 Å². The van der Waals surface area contributed by atoms with E-state index >= 15 is 0 Å². The summed E-state index contributed by atoms with van der Waals surface area (Å²) in [4.78, 5) is 24.0. The normalized spacial score (nSPS) is 15.5. The van der Waals surface area contributed by atoms with E-state index in [1.54, 1.807) is 30.2 Å². The molecule has 4 heterocycles. The van der Waals surface area contributed by atoms with Crippen molar-refractivity contribution in [1.82, 2.24) is 24.9 Å². The molecule has 3 N–H and O–H groups in total. The van der Waals surface area contributed by atoms with Gasteiger partial charge in [-0.05, 0) is 30.9 Å². The molecule has 1 aliphatic rings. The molecule has 1 atom stereocenters. The van der Waals surface area contributed by atoms with Crippen LogP contribution in [0.1, 0.15) is 24.0 Å². The monoisotopic (exact) mass is 527 g/mol. The predicted molar refractivity (Wildman–Crippen MR) is 143 cm³/mol. The third-order valence-electron chi connectivity index (χ3n) is 7.15. The van der Waals surface area contributed by atoms with Crippen LogP contribution in [0.25, 0.3) is 16.8 Å². The molecule has 0 bridgehead atoms. The number of benzene rings is 1. The number of rotatable bonds is 8. The summed E-state index contributed by atoms with van der Waals surface area (Å²) in [6, 6.07) is 13.9. The van der Waals surface area contributed by atoms with Crippen LogP contribution in [-0.2, 0) is 11.2 Å². The summed E-state index contributed by atoms with van der Waals surface area (Å²) < 4.78 is 7.00. The Kier molecular flexibility index (Phi) is 7.40. The quantitative estimate of drug-likeness (QED) is 0.311. The second-order valence-corrected chi connectivity index (χ2v) is 9.63. The fraction of sp³-hybridized carbons (Fsp3) is 0.321. The van der Waals surface area contributed by atoms with Crippen molar-refractivity contribution in [3.05, 3.63) is 72.3 Å². The lowest BCUT2D eigenvalue weighted by molar-refractivity contribution is -0.133. The number of nitrogens with one attached hydrogen (secondary N) is 1. The van der Waals surface area contributed by atoms with Crippen LogP contribution in [-0.4, -0.2) is 74.2 Å². The minimum Gasteiger partial charge on any atom is -0.495 e. The molecule has 11 heteroatoms. The molecule has 11 nitrogen and oxygen atoms in total. The Hall–Kier alpha value is -4.53. The zero-order chi connectivity index (χ0) is 27.4. The van der Waals surface area contributed by atoms with E-state index in [-0.39, 0.29) is 0 Å². The minimum atomic E-state index is -1.46. The zero-order valence-electron chi connectivity index (χ0n) is 21.5. The van der Waals surface area contributed by atoms with Crippen LogP contribution in [0.4, 0.5) is 5.82 Å². The van der Waals surface area contributed by atoms with Gasteiger partial charge in [-0.15, -0.1) is 0 Å². The van der Waals surface area contributed by atoms with Gasteiger partial charge in [0.1, 0.15) is 17.6 Å². The van der Waals surface area contributed by atoms with E-state index in [0.29, 0.717) is 66.3 Å². The number of carbonyl (C=O) groups is 1. The van der Waals surface area contributed by atoms with Gasteiger partial charge in [0, 0.05) is 24.2 Å². The van der Waals surface area contributed by atoms with Crippen molar-refractivity contribution in [2.75, 3.05) is 31.7 Å². The molecule has 5 rings (SSSR count). The summed E-state index contributed by atoms with van der Waals surface area (Å²) in [5.74, 6) is 0.698. The van der Waals surface area contributed by atoms with Crippen molar-refractivity contribution >= 4 is 17.2 Å². The van der Waals surface area contributed by atoms with Crippen molar-refractivity contribution < 1.29 is 19.7 Å². The van der Waals surface area contributed by atoms with E-state index in [1.165, 1.54) is 6.20 Å². The molecular formula is C28H29N7O4. The molecule has 0 radical (unpaired) electrons. The maximum atomic E-state index is 12.5. The third kappa shape index (κ3) is 5.38. The fourth-order valence-corrected chi connectivity index (χ4v) is 5.03. The summed E-state index contributed by atoms with van der Waals surface area (Å²) in [7, 11) is 1.57. The Morgan fingerprint density at radius 1 is 1.21 bits per heavy atom.